The number of likely N-dealkylation sites (tertiary alicyclic amines) is 1. The monoisotopic (exact) mass is 564 g/mol. The van der Waals surface area contributed by atoms with Gasteiger partial charge in [0.2, 0.25) is 17.7 Å². The summed E-state index contributed by atoms with van der Waals surface area (Å²) in [7, 11) is 2.10. The predicted octanol–water partition coefficient (Wildman–Crippen LogP) is 4.15. The van der Waals surface area contributed by atoms with Gasteiger partial charge in [-0.2, -0.15) is 0 Å². The van der Waals surface area contributed by atoms with Gasteiger partial charge in [-0.15, -0.1) is 0 Å². The van der Waals surface area contributed by atoms with E-state index in [1.54, 1.807) is 4.90 Å². The lowest BCUT2D eigenvalue weighted by atomic mass is 9.73. The summed E-state index contributed by atoms with van der Waals surface area (Å²) in [6.45, 7) is 10.9. The van der Waals surface area contributed by atoms with Crippen LogP contribution in [-0.2, 0) is 19.1 Å². The summed E-state index contributed by atoms with van der Waals surface area (Å²) in [4.78, 5) is 46.1. The zero-order valence-corrected chi connectivity index (χ0v) is 25.4. The molecule has 224 valence electrons. The van der Waals surface area contributed by atoms with E-state index in [2.05, 4.69) is 43.4 Å². The van der Waals surface area contributed by atoms with Gasteiger partial charge in [-0.3, -0.25) is 14.4 Å². The molecule has 0 unspecified atom stereocenters. The number of benzene rings is 1. The van der Waals surface area contributed by atoms with Crippen LogP contribution >= 0.6 is 0 Å². The van der Waals surface area contributed by atoms with Crippen LogP contribution < -0.4 is 10.6 Å². The molecule has 8 atom stereocenters. The molecule has 8 heteroatoms. The topological polar surface area (TPSA) is 91.0 Å². The number of anilines is 1. The van der Waals surface area contributed by atoms with E-state index in [0.717, 1.165) is 50.8 Å². The zero-order chi connectivity index (χ0) is 29.3. The number of unbranched alkanes of at least 4 members (excludes halogenated alkanes) is 1. The Morgan fingerprint density at radius 2 is 1.93 bits per heavy atom. The Morgan fingerprint density at radius 3 is 2.68 bits per heavy atom. The highest BCUT2D eigenvalue weighted by Crippen LogP contribution is 2.55. The van der Waals surface area contributed by atoms with Crippen molar-refractivity contribution in [1.82, 2.24) is 15.1 Å². The normalized spacial score (nSPS) is 33.9. The molecule has 0 aromatic heterocycles. The summed E-state index contributed by atoms with van der Waals surface area (Å²) < 4.78 is 6.53. The third-order valence-corrected chi connectivity index (χ3v) is 10.1. The van der Waals surface area contributed by atoms with Gasteiger partial charge < -0.3 is 25.2 Å². The molecular formula is C33H48N4O4. The Labute approximate surface area is 245 Å². The number of carbonyl (C=O) groups is 3. The fraction of sp³-hybridized carbons (Fsp3) is 0.667. The number of rotatable bonds is 11. The number of hydrogen-bond acceptors (Lipinski definition) is 5. The molecule has 8 nitrogen and oxygen atoms in total. The van der Waals surface area contributed by atoms with E-state index >= 15 is 0 Å². The highest BCUT2D eigenvalue weighted by molar-refractivity contribution is 6.02. The van der Waals surface area contributed by atoms with Gasteiger partial charge in [0.1, 0.15) is 11.6 Å². The van der Waals surface area contributed by atoms with Crippen molar-refractivity contribution in [2.45, 2.75) is 90.0 Å². The van der Waals surface area contributed by atoms with E-state index in [4.69, 9.17) is 4.74 Å². The number of ether oxygens (including phenoxy) is 1. The van der Waals surface area contributed by atoms with Crippen molar-refractivity contribution in [3.05, 3.63) is 42.0 Å². The lowest BCUT2D eigenvalue weighted by molar-refractivity contribution is -0.141. The Kier molecular flexibility index (Phi) is 8.90. The predicted molar refractivity (Wildman–Crippen MR) is 160 cm³/mol. The summed E-state index contributed by atoms with van der Waals surface area (Å²) in [6.07, 6.45) is 9.48. The minimum atomic E-state index is -1.13. The molecule has 5 rings (SSSR count). The molecule has 0 radical (unpaired) electrons. The number of nitrogens with zero attached hydrogens (tertiary/aromatic N) is 2. The molecule has 1 saturated carbocycles. The van der Waals surface area contributed by atoms with Crippen molar-refractivity contribution in [2.75, 3.05) is 32.0 Å². The van der Waals surface area contributed by atoms with Gasteiger partial charge in [-0.1, -0.05) is 64.3 Å². The molecule has 3 amide bonds. The molecule has 41 heavy (non-hydrogen) atoms. The molecule has 1 aliphatic carbocycles. The number of nitrogens with one attached hydrogen (secondary N) is 2. The number of fused-ring (bicyclic) bond motifs is 1. The highest BCUT2D eigenvalue weighted by Gasteiger charge is 2.72. The van der Waals surface area contributed by atoms with Crippen molar-refractivity contribution < 1.29 is 19.1 Å². The van der Waals surface area contributed by atoms with Gasteiger partial charge in [0.05, 0.1) is 17.9 Å². The van der Waals surface area contributed by atoms with E-state index < -0.39 is 29.6 Å². The van der Waals surface area contributed by atoms with Gasteiger partial charge >= 0.3 is 0 Å². The van der Waals surface area contributed by atoms with E-state index in [-0.39, 0.29) is 23.8 Å². The quantitative estimate of drug-likeness (QED) is 0.394. The SMILES string of the molecule is CCCCN(C)CCCN1C(=O)[C@@H]2[C@H](C(=O)Nc3cccc(C)c3)[C@@H]3C=C[C@@]2(O3)[C@@H]1C(=O)N[C@@H]1CCC[C@H](C)[C@@H]1C. The summed E-state index contributed by atoms with van der Waals surface area (Å²) in [5.41, 5.74) is 0.610. The van der Waals surface area contributed by atoms with Crippen molar-refractivity contribution in [2.24, 2.45) is 23.7 Å². The van der Waals surface area contributed by atoms with Crippen LogP contribution in [0.2, 0.25) is 0 Å². The summed E-state index contributed by atoms with van der Waals surface area (Å²) in [5, 5.41) is 6.36. The maximum Gasteiger partial charge on any atom is 0.246 e. The van der Waals surface area contributed by atoms with Crippen LogP contribution in [0.25, 0.3) is 0 Å². The standard InChI is InChI=1S/C33H48N4O4/c1-6-7-17-36(5)18-10-19-37-29(31(39)35-25-14-9-12-22(3)23(25)4)33-16-15-26(41-33)27(28(33)32(37)40)30(38)34-24-13-8-11-21(2)20-24/h8,11,13,15-16,20,22-23,25-29H,6-7,9-10,12,14,17-19H2,1-5H3,(H,34,38)(H,35,39)/t22-,23-,25+,26-,27+,28-,29-,33-/m0/s1. The first kappa shape index (κ1) is 29.8. The lowest BCUT2D eigenvalue weighted by Crippen LogP contribution is -2.58. The van der Waals surface area contributed by atoms with Crippen molar-refractivity contribution >= 4 is 23.4 Å². The summed E-state index contributed by atoms with van der Waals surface area (Å²) in [6, 6.07) is 6.92. The Morgan fingerprint density at radius 1 is 1.15 bits per heavy atom. The van der Waals surface area contributed by atoms with Crippen molar-refractivity contribution in [3.8, 4) is 0 Å². The molecule has 3 heterocycles. The molecule has 1 spiro atoms. The number of amides is 3. The van der Waals surface area contributed by atoms with Gasteiger partial charge in [0, 0.05) is 18.3 Å². The first-order chi connectivity index (χ1) is 19.7. The summed E-state index contributed by atoms with van der Waals surface area (Å²) >= 11 is 0. The second-order valence-corrected chi connectivity index (χ2v) is 13.0. The molecule has 2 N–H and O–H groups in total. The van der Waals surface area contributed by atoms with E-state index in [1.807, 2.05) is 43.3 Å². The largest absolute Gasteiger partial charge is 0.359 e. The third-order valence-electron chi connectivity index (χ3n) is 10.1. The molecule has 1 aromatic carbocycles. The van der Waals surface area contributed by atoms with Gasteiger partial charge in [-0.05, 0) is 75.9 Å². The highest BCUT2D eigenvalue weighted by atomic mass is 16.5. The lowest BCUT2D eigenvalue weighted by Gasteiger charge is -2.38. The van der Waals surface area contributed by atoms with Crippen molar-refractivity contribution in [3.63, 3.8) is 0 Å². The Bertz CT molecular complexity index is 1170. The van der Waals surface area contributed by atoms with E-state index in [9.17, 15) is 14.4 Å². The smallest absolute Gasteiger partial charge is 0.246 e. The summed E-state index contributed by atoms with van der Waals surface area (Å²) in [5.74, 6) is -1.05. The van der Waals surface area contributed by atoms with Crippen LogP contribution in [0.3, 0.4) is 0 Å². The average molecular weight is 565 g/mol. The Balaban J connectivity index is 1.39. The maximum absolute atomic E-state index is 14.2. The van der Waals surface area contributed by atoms with Crippen LogP contribution in [-0.4, -0.2) is 78.0 Å². The fourth-order valence-corrected chi connectivity index (χ4v) is 7.55. The molecule has 3 fully saturated rings. The first-order valence-corrected chi connectivity index (χ1v) is 15.7. The van der Waals surface area contributed by atoms with Gasteiger partial charge in [0.15, 0.2) is 0 Å². The van der Waals surface area contributed by atoms with Gasteiger partial charge in [-0.25, -0.2) is 0 Å². The fourth-order valence-electron chi connectivity index (χ4n) is 7.55. The number of carbonyl (C=O) groups excluding carboxylic acids is 3. The third kappa shape index (κ3) is 5.70. The molecule has 2 bridgehead atoms. The minimum Gasteiger partial charge on any atom is -0.359 e. The van der Waals surface area contributed by atoms with Crippen LogP contribution in [0.5, 0.6) is 0 Å². The average Bonchev–Trinajstić information content (AvgIpc) is 3.57. The van der Waals surface area contributed by atoms with Gasteiger partial charge in [0.25, 0.3) is 0 Å². The second kappa shape index (κ2) is 12.3. The molecule has 3 aliphatic heterocycles. The molecule has 4 aliphatic rings. The second-order valence-electron chi connectivity index (χ2n) is 13.0. The van der Waals surface area contributed by atoms with Crippen LogP contribution in [0.15, 0.2) is 36.4 Å². The Hall–Kier alpha value is -2.71. The molecular weight excluding hydrogens is 516 g/mol. The first-order valence-electron chi connectivity index (χ1n) is 15.7. The van der Waals surface area contributed by atoms with Crippen LogP contribution in [0.1, 0.15) is 64.9 Å². The number of hydrogen-bond donors (Lipinski definition) is 2. The van der Waals surface area contributed by atoms with Crippen molar-refractivity contribution in [1.29, 1.82) is 0 Å². The minimum absolute atomic E-state index is 0.0711. The number of aryl methyl sites for hydroxylation is 1. The van der Waals surface area contributed by atoms with Crippen LogP contribution in [0, 0.1) is 30.6 Å². The maximum atomic E-state index is 14.2. The molecule has 1 aromatic rings. The van der Waals surface area contributed by atoms with E-state index in [0.29, 0.717) is 24.1 Å². The molecule has 2 saturated heterocycles. The zero-order valence-electron chi connectivity index (χ0n) is 25.4. The van der Waals surface area contributed by atoms with Crippen LogP contribution in [0.4, 0.5) is 5.69 Å². The van der Waals surface area contributed by atoms with E-state index in [1.165, 1.54) is 6.42 Å².